The Morgan fingerprint density at radius 3 is 2.28 bits per heavy atom. The van der Waals surface area contributed by atoms with Gasteiger partial charge < -0.3 is 15.1 Å². The fourth-order valence-corrected chi connectivity index (χ4v) is 3.79. The average Bonchev–Trinajstić information content (AvgIpc) is 2.74. The third-order valence-corrected chi connectivity index (χ3v) is 5.75. The number of hydrogen-bond donors (Lipinski definition) is 1. The highest BCUT2D eigenvalue weighted by Gasteiger charge is 2.24. The molecule has 5 nitrogen and oxygen atoms in total. The third kappa shape index (κ3) is 6.31. The summed E-state index contributed by atoms with van der Waals surface area (Å²) in [6, 6.07) is 19.1. The van der Waals surface area contributed by atoms with Crippen LogP contribution in [0.1, 0.15) is 23.6 Å². The maximum atomic E-state index is 12.5. The number of carbonyl (C=O) groups excluding carboxylic acids is 1. The van der Waals surface area contributed by atoms with Crippen molar-refractivity contribution >= 4 is 11.6 Å². The smallest absolute Gasteiger partial charge is 0.220 e. The van der Waals surface area contributed by atoms with E-state index in [4.69, 9.17) is 0 Å². The second kappa shape index (κ2) is 10.4. The lowest BCUT2D eigenvalue weighted by molar-refractivity contribution is -0.121. The highest BCUT2D eigenvalue weighted by molar-refractivity contribution is 5.76. The summed E-state index contributed by atoms with van der Waals surface area (Å²) in [5.74, 6) is 0.123. The maximum Gasteiger partial charge on any atom is 0.220 e. The molecule has 0 aromatic heterocycles. The van der Waals surface area contributed by atoms with E-state index >= 15 is 0 Å². The molecule has 0 spiro atoms. The quantitative estimate of drug-likeness (QED) is 0.747. The second-order valence-corrected chi connectivity index (χ2v) is 8.13. The molecule has 1 heterocycles. The number of amides is 1. The van der Waals surface area contributed by atoms with Crippen molar-refractivity contribution in [2.75, 3.05) is 58.8 Å². The van der Waals surface area contributed by atoms with Gasteiger partial charge in [-0.15, -0.1) is 0 Å². The van der Waals surface area contributed by atoms with Gasteiger partial charge >= 0.3 is 0 Å². The highest BCUT2D eigenvalue weighted by Crippen LogP contribution is 2.24. The van der Waals surface area contributed by atoms with E-state index < -0.39 is 0 Å². The third-order valence-electron chi connectivity index (χ3n) is 5.75. The predicted molar refractivity (Wildman–Crippen MR) is 120 cm³/mol. The highest BCUT2D eigenvalue weighted by atomic mass is 16.1. The van der Waals surface area contributed by atoms with Crippen LogP contribution in [0.2, 0.25) is 0 Å². The summed E-state index contributed by atoms with van der Waals surface area (Å²) in [5, 5.41) is 3.19. The number of hydrogen-bond acceptors (Lipinski definition) is 4. The second-order valence-electron chi connectivity index (χ2n) is 8.13. The van der Waals surface area contributed by atoms with Crippen LogP contribution in [0.4, 0.5) is 5.69 Å². The molecule has 29 heavy (non-hydrogen) atoms. The molecule has 2 aromatic rings. The molecule has 5 heteroatoms. The first kappa shape index (κ1) is 21.3. The number of anilines is 1. The number of nitrogens with zero attached hydrogens (tertiary/aromatic N) is 3. The Kier molecular flexibility index (Phi) is 7.67. The van der Waals surface area contributed by atoms with Crippen LogP contribution >= 0.6 is 0 Å². The van der Waals surface area contributed by atoms with Gasteiger partial charge in [-0.2, -0.15) is 0 Å². The lowest BCUT2D eigenvalue weighted by Crippen LogP contribution is -2.48. The van der Waals surface area contributed by atoms with Gasteiger partial charge in [0.1, 0.15) is 0 Å². The number of nitrogens with one attached hydrogen (secondary N) is 1. The van der Waals surface area contributed by atoms with E-state index in [0.717, 1.165) is 32.6 Å². The van der Waals surface area contributed by atoms with E-state index in [2.05, 4.69) is 77.6 Å². The predicted octanol–water partition coefficient (Wildman–Crippen LogP) is 2.79. The molecule has 1 aliphatic rings. The lowest BCUT2D eigenvalue weighted by atomic mass is 10.0. The molecule has 1 fully saturated rings. The molecule has 0 radical (unpaired) electrons. The van der Waals surface area contributed by atoms with Crippen LogP contribution in [0.15, 0.2) is 54.6 Å². The Morgan fingerprint density at radius 1 is 1.00 bits per heavy atom. The normalized spacial score (nSPS) is 16.4. The van der Waals surface area contributed by atoms with Crippen molar-refractivity contribution < 1.29 is 4.79 Å². The summed E-state index contributed by atoms with van der Waals surface area (Å²) in [6.45, 7) is 4.83. The molecule has 0 bridgehead atoms. The van der Waals surface area contributed by atoms with Crippen molar-refractivity contribution in [3.05, 3.63) is 65.7 Å². The van der Waals surface area contributed by atoms with Crippen molar-refractivity contribution in [1.29, 1.82) is 0 Å². The Bertz CT molecular complexity index is 752. The van der Waals surface area contributed by atoms with E-state index in [1.807, 2.05) is 18.2 Å². The minimum absolute atomic E-state index is 0.123. The molecule has 0 aliphatic carbocycles. The number of benzene rings is 2. The number of aryl methyl sites for hydroxylation is 1. The first-order valence-electron chi connectivity index (χ1n) is 10.5. The Labute approximate surface area is 175 Å². The van der Waals surface area contributed by atoms with Gasteiger partial charge in [0, 0.05) is 58.9 Å². The monoisotopic (exact) mass is 394 g/mol. The number of carbonyl (C=O) groups is 1. The molecule has 0 unspecified atom stereocenters. The molecule has 2 aromatic carbocycles. The molecule has 1 saturated heterocycles. The largest absolute Gasteiger partial charge is 0.378 e. The SMILES string of the molecule is CN1CCN([C@@H](CNC(=O)CCc2ccccc2)c2ccc(N(C)C)cc2)CC1. The van der Waals surface area contributed by atoms with Gasteiger partial charge in [-0.05, 0) is 36.7 Å². The summed E-state index contributed by atoms with van der Waals surface area (Å²) in [6.07, 6.45) is 1.31. The van der Waals surface area contributed by atoms with Gasteiger partial charge in [0.25, 0.3) is 0 Å². The molecular weight excluding hydrogens is 360 g/mol. The van der Waals surface area contributed by atoms with Crippen molar-refractivity contribution in [1.82, 2.24) is 15.1 Å². The van der Waals surface area contributed by atoms with Gasteiger partial charge in [0.05, 0.1) is 6.04 Å². The standard InChI is InChI=1S/C24H34N4O/c1-26(2)22-12-10-21(11-13-22)23(28-17-15-27(3)16-18-28)19-25-24(29)14-9-20-7-5-4-6-8-20/h4-8,10-13,23H,9,14-19H2,1-3H3,(H,25,29)/t23-/m0/s1. The van der Waals surface area contributed by atoms with Crippen LogP contribution in [0.3, 0.4) is 0 Å². The van der Waals surface area contributed by atoms with Crippen LogP contribution in [-0.4, -0.2) is 69.6 Å². The molecule has 0 saturated carbocycles. The Hall–Kier alpha value is -2.37. The van der Waals surface area contributed by atoms with Crippen LogP contribution < -0.4 is 10.2 Å². The number of likely N-dealkylation sites (N-methyl/N-ethyl adjacent to an activating group) is 1. The van der Waals surface area contributed by atoms with Gasteiger partial charge in [-0.25, -0.2) is 0 Å². The zero-order valence-corrected chi connectivity index (χ0v) is 18.0. The van der Waals surface area contributed by atoms with Gasteiger partial charge in [0.15, 0.2) is 0 Å². The number of rotatable bonds is 8. The van der Waals surface area contributed by atoms with Crippen LogP contribution in [0.25, 0.3) is 0 Å². The first-order valence-corrected chi connectivity index (χ1v) is 10.5. The van der Waals surface area contributed by atoms with E-state index in [9.17, 15) is 4.79 Å². The summed E-state index contributed by atoms with van der Waals surface area (Å²) in [4.78, 5) is 19.5. The van der Waals surface area contributed by atoms with Crippen molar-refractivity contribution in [2.24, 2.45) is 0 Å². The van der Waals surface area contributed by atoms with E-state index in [-0.39, 0.29) is 11.9 Å². The van der Waals surface area contributed by atoms with Crippen LogP contribution in [0.5, 0.6) is 0 Å². The van der Waals surface area contributed by atoms with Crippen LogP contribution in [0, 0.1) is 0 Å². The van der Waals surface area contributed by atoms with Gasteiger partial charge in [0.2, 0.25) is 5.91 Å². The lowest BCUT2D eigenvalue weighted by Gasteiger charge is -2.38. The summed E-state index contributed by atoms with van der Waals surface area (Å²) in [7, 11) is 6.28. The minimum atomic E-state index is 0.123. The van der Waals surface area contributed by atoms with Gasteiger partial charge in [-0.1, -0.05) is 42.5 Å². The van der Waals surface area contributed by atoms with Gasteiger partial charge in [-0.3, -0.25) is 9.69 Å². The Balaban J connectivity index is 1.62. The summed E-state index contributed by atoms with van der Waals surface area (Å²) < 4.78 is 0. The molecular formula is C24H34N4O. The molecule has 3 rings (SSSR count). The number of piperazine rings is 1. The average molecular weight is 395 g/mol. The topological polar surface area (TPSA) is 38.8 Å². The van der Waals surface area contributed by atoms with Crippen LogP contribution in [-0.2, 0) is 11.2 Å². The van der Waals surface area contributed by atoms with E-state index in [0.29, 0.717) is 13.0 Å². The van der Waals surface area contributed by atoms with Crippen molar-refractivity contribution in [3.8, 4) is 0 Å². The molecule has 156 valence electrons. The van der Waals surface area contributed by atoms with E-state index in [1.165, 1.54) is 16.8 Å². The van der Waals surface area contributed by atoms with Crippen molar-refractivity contribution in [2.45, 2.75) is 18.9 Å². The van der Waals surface area contributed by atoms with Crippen molar-refractivity contribution in [3.63, 3.8) is 0 Å². The fraction of sp³-hybridized carbons (Fsp3) is 0.458. The maximum absolute atomic E-state index is 12.5. The first-order chi connectivity index (χ1) is 14.0. The summed E-state index contributed by atoms with van der Waals surface area (Å²) in [5.41, 5.74) is 3.67. The minimum Gasteiger partial charge on any atom is -0.378 e. The molecule has 1 atom stereocenters. The molecule has 1 amide bonds. The molecule has 1 aliphatic heterocycles. The zero-order valence-electron chi connectivity index (χ0n) is 18.0. The summed E-state index contributed by atoms with van der Waals surface area (Å²) >= 11 is 0. The van der Waals surface area contributed by atoms with E-state index in [1.54, 1.807) is 0 Å². The Morgan fingerprint density at radius 2 is 1.66 bits per heavy atom. The zero-order chi connectivity index (χ0) is 20.6. The molecule has 1 N–H and O–H groups in total. The fourth-order valence-electron chi connectivity index (χ4n) is 3.79.